The first kappa shape index (κ1) is 15.5. The summed E-state index contributed by atoms with van der Waals surface area (Å²) >= 11 is 0. The molecule has 0 spiro atoms. The first-order valence-corrected chi connectivity index (χ1v) is 8.00. The van der Waals surface area contributed by atoms with Crippen molar-refractivity contribution < 1.29 is 0 Å². The highest BCUT2D eigenvalue weighted by Gasteiger charge is 2.22. The minimum Gasteiger partial charge on any atom is -0.384 e. The zero-order valence-corrected chi connectivity index (χ0v) is 13.7. The lowest BCUT2D eigenvalue weighted by Crippen LogP contribution is -2.37. The third kappa shape index (κ3) is 3.85. The second-order valence-corrected chi connectivity index (χ2v) is 6.02. The van der Waals surface area contributed by atoms with Gasteiger partial charge in [0.1, 0.15) is 23.3 Å². The second kappa shape index (κ2) is 6.76. The summed E-state index contributed by atoms with van der Waals surface area (Å²) in [5, 5.41) is 11.4. The zero-order chi connectivity index (χ0) is 16.2. The Morgan fingerprint density at radius 1 is 1.30 bits per heavy atom. The average molecular weight is 313 g/mol. The van der Waals surface area contributed by atoms with Crippen molar-refractivity contribution in [3.05, 3.63) is 29.7 Å². The summed E-state index contributed by atoms with van der Waals surface area (Å²) in [5.41, 5.74) is 6.89. The van der Waals surface area contributed by atoms with Crippen molar-refractivity contribution in [2.24, 2.45) is 5.92 Å². The predicted molar refractivity (Wildman–Crippen MR) is 91.4 cm³/mol. The molecule has 7 nitrogen and oxygen atoms in total. The molecule has 2 aromatic heterocycles. The van der Waals surface area contributed by atoms with Gasteiger partial charge in [-0.25, -0.2) is 9.97 Å². The predicted octanol–water partition coefficient (Wildman–Crippen LogP) is 1.66. The van der Waals surface area contributed by atoms with Crippen LogP contribution in [0.25, 0.3) is 0 Å². The molecular formula is C16H23N7. The highest BCUT2D eigenvalue weighted by molar-refractivity contribution is 5.47. The van der Waals surface area contributed by atoms with E-state index < -0.39 is 0 Å². The molecule has 1 unspecified atom stereocenters. The minimum absolute atomic E-state index is 0.531. The van der Waals surface area contributed by atoms with Crippen LogP contribution in [0.3, 0.4) is 0 Å². The van der Waals surface area contributed by atoms with Crippen LogP contribution < -0.4 is 16.0 Å². The number of nitrogen functional groups attached to an aromatic ring is 1. The number of aryl methyl sites for hydroxylation is 1. The Hall–Kier alpha value is -2.44. The first-order chi connectivity index (χ1) is 11.1. The molecule has 122 valence electrons. The SMILES string of the molecule is CNc1ccc(CC2CCCN(c3cc(N)nc(C)n3)C2)nn1. The first-order valence-electron chi connectivity index (χ1n) is 8.00. The lowest BCUT2D eigenvalue weighted by molar-refractivity contribution is 0.407. The maximum atomic E-state index is 5.85. The van der Waals surface area contributed by atoms with Crippen molar-refractivity contribution in [1.29, 1.82) is 0 Å². The number of nitrogens with one attached hydrogen (secondary N) is 1. The number of nitrogens with zero attached hydrogens (tertiary/aromatic N) is 5. The van der Waals surface area contributed by atoms with E-state index in [-0.39, 0.29) is 0 Å². The fourth-order valence-corrected chi connectivity index (χ4v) is 3.07. The van der Waals surface area contributed by atoms with Crippen molar-refractivity contribution in [3.8, 4) is 0 Å². The Balaban J connectivity index is 1.67. The molecule has 3 heterocycles. The van der Waals surface area contributed by atoms with Gasteiger partial charge in [0, 0.05) is 26.2 Å². The van der Waals surface area contributed by atoms with Gasteiger partial charge < -0.3 is 16.0 Å². The summed E-state index contributed by atoms with van der Waals surface area (Å²) < 4.78 is 0. The number of nitrogens with two attached hydrogens (primary N) is 1. The van der Waals surface area contributed by atoms with Crippen LogP contribution in [-0.4, -0.2) is 40.3 Å². The van der Waals surface area contributed by atoms with Crippen LogP contribution >= 0.6 is 0 Å². The second-order valence-electron chi connectivity index (χ2n) is 6.02. The quantitative estimate of drug-likeness (QED) is 0.886. The van der Waals surface area contributed by atoms with E-state index in [2.05, 4.69) is 30.4 Å². The molecule has 3 N–H and O–H groups in total. The maximum absolute atomic E-state index is 5.85. The highest BCUT2D eigenvalue weighted by Crippen LogP contribution is 2.24. The van der Waals surface area contributed by atoms with E-state index in [4.69, 9.17) is 5.73 Å². The molecule has 1 aliphatic rings. The van der Waals surface area contributed by atoms with Crippen LogP contribution in [0.1, 0.15) is 24.4 Å². The summed E-state index contributed by atoms with van der Waals surface area (Å²) in [6.07, 6.45) is 3.29. The summed E-state index contributed by atoms with van der Waals surface area (Å²) in [6.45, 7) is 3.85. The van der Waals surface area contributed by atoms with Crippen LogP contribution in [0, 0.1) is 12.8 Å². The van der Waals surface area contributed by atoms with Gasteiger partial charge in [-0.15, -0.1) is 5.10 Å². The van der Waals surface area contributed by atoms with Gasteiger partial charge in [0.25, 0.3) is 0 Å². The number of rotatable bonds is 4. The minimum atomic E-state index is 0.531. The van der Waals surface area contributed by atoms with Crippen LogP contribution in [0.15, 0.2) is 18.2 Å². The van der Waals surface area contributed by atoms with Gasteiger partial charge in [-0.2, -0.15) is 5.10 Å². The third-order valence-electron chi connectivity index (χ3n) is 4.16. The number of aromatic nitrogens is 4. The van der Waals surface area contributed by atoms with E-state index in [0.717, 1.165) is 49.1 Å². The normalized spacial score (nSPS) is 18.0. The number of piperidine rings is 1. The highest BCUT2D eigenvalue weighted by atomic mass is 15.2. The molecular weight excluding hydrogens is 290 g/mol. The monoisotopic (exact) mass is 313 g/mol. The van der Waals surface area contributed by atoms with Crippen molar-refractivity contribution >= 4 is 17.5 Å². The Bertz CT molecular complexity index is 636. The van der Waals surface area contributed by atoms with E-state index in [9.17, 15) is 0 Å². The van der Waals surface area contributed by atoms with Gasteiger partial charge in [-0.1, -0.05) is 0 Å². The van der Waals surface area contributed by atoms with E-state index >= 15 is 0 Å². The van der Waals surface area contributed by atoms with Gasteiger partial charge in [0.2, 0.25) is 0 Å². The van der Waals surface area contributed by atoms with Gasteiger partial charge >= 0.3 is 0 Å². The number of hydrogen-bond donors (Lipinski definition) is 2. The molecule has 1 saturated heterocycles. The Kier molecular flexibility index (Phi) is 4.55. The Morgan fingerprint density at radius 2 is 2.17 bits per heavy atom. The van der Waals surface area contributed by atoms with Crippen molar-refractivity contribution in [3.63, 3.8) is 0 Å². The average Bonchev–Trinajstić information content (AvgIpc) is 2.55. The summed E-state index contributed by atoms with van der Waals surface area (Å²) in [6, 6.07) is 5.87. The molecule has 0 amide bonds. The largest absolute Gasteiger partial charge is 0.384 e. The van der Waals surface area contributed by atoms with Crippen molar-refractivity contribution in [1.82, 2.24) is 20.2 Å². The summed E-state index contributed by atoms with van der Waals surface area (Å²) in [5.74, 6) is 3.52. The fraction of sp³-hybridized carbons (Fsp3) is 0.500. The lowest BCUT2D eigenvalue weighted by Gasteiger charge is -2.33. The van der Waals surface area contributed by atoms with Crippen LogP contribution in [0.4, 0.5) is 17.5 Å². The van der Waals surface area contributed by atoms with Gasteiger partial charge in [0.05, 0.1) is 5.69 Å². The van der Waals surface area contributed by atoms with Crippen LogP contribution in [0.2, 0.25) is 0 Å². The van der Waals surface area contributed by atoms with E-state index in [0.29, 0.717) is 11.7 Å². The summed E-state index contributed by atoms with van der Waals surface area (Å²) in [4.78, 5) is 11.0. The van der Waals surface area contributed by atoms with Gasteiger partial charge in [-0.05, 0) is 44.2 Å². The molecule has 23 heavy (non-hydrogen) atoms. The number of anilines is 3. The Morgan fingerprint density at radius 3 is 2.87 bits per heavy atom. The molecule has 0 radical (unpaired) electrons. The van der Waals surface area contributed by atoms with Crippen LogP contribution in [-0.2, 0) is 6.42 Å². The lowest BCUT2D eigenvalue weighted by atomic mass is 9.93. The topological polar surface area (TPSA) is 92.8 Å². The molecule has 1 atom stereocenters. The van der Waals surface area contributed by atoms with Crippen molar-refractivity contribution in [2.75, 3.05) is 36.1 Å². The van der Waals surface area contributed by atoms with E-state index in [1.54, 1.807) is 0 Å². The van der Waals surface area contributed by atoms with E-state index in [1.807, 2.05) is 32.2 Å². The van der Waals surface area contributed by atoms with Gasteiger partial charge in [0.15, 0.2) is 0 Å². The number of hydrogen-bond acceptors (Lipinski definition) is 7. The van der Waals surface area contributed by atoms with Crippen molar-refractivity contribution in [2.45, 2.75) is 26.2 Å². The molecule has 3 rings (SSSR count). The standard InChI is InChI=1S/C16H23N7/c1-11-19-14(17)9-16(20-11)23-7-3-4-12(10-23)8-13-5-6-15(18-2)22-21-13/h5-6,9,12H,3-4,7-8,10H2,1-2H3,(H,18,22)(H2,17,19,20). The molecule has 0 saturated carbocycles. The van der Waals surface area contributed by atoms with Gasteiger partial charge in [-0.3, -0.25) is 0 Å². The molecule has 1 aliphatic heterocycles. The third-order valence-corrected chi connectivity index (χ3v) is 4.16. The fourth-order valence-electron chi connectivity index (χ4n) is 3.07. The summed E-state index contributed by atoms with van der Waals surface area (Å²) in [7, 11) is 1.85. The maximum Gasteiger partial charge on any atom is 0.148 e. The van der Waals surface area contributed by atoms with Crippen LogP contribution in [0.5, 0.6) is 0 Å². The molecule has 0 bridgehead atoms. The Labute approximate surface area is 136 Å². The molecule has 0 aromatic carbocycles. The van der Waals surface area contributed by atoms with E-state index in [1.165, 1.54) is 6.42 Å². The molecule has 7 heteroatoms. The molecule has 0 aliphatic carbocycles. The smallest absolute Gasteiger partial charge is 0.148 e. The molecule has 1 fully saturated rings. The zero-order valence-electron chi connectivity index (χ0n) is 13.7. The molecule has 2 aromatic rings.